The van der Waals surface area contributed by atoms with Gasteiger partial charge in [-0.05, 0) is 126 Å². The van der Waals surface area contributed by atoms with E-state index < -0.39 is 125 Å². The number of nitrogens with one attached hydrogen (secondary N) is 1. The molecule has 0 spiro atoms. The Morgan fingerprint density at radius 2 is 1.62 bits per heavy atom. The standard InChI is InChI=1S/C59H94N4O19/c1-17-42-59(12,72)50(67)33(4)45(61-76-30-73-15)31(2)26-57(10,71)51(82-55-48(66)40(62(13)14)23-32(3)77-55)34(5)49(35(6)54(70)79-42)81-44-27-58(11,74-16)52(36(7)78-44)80-43(64)20-22-60-21-18-19-37-24-38-46-41(25-37)75-29-56(8,9)63(46)28-39(47(38)65)53(68)69/h24-25,28,31-36,40,42,44,48-52,55,60,66-67,71-72H,17-23,26-27,29-30H2,1-16H3,(H,68,69)/b61-45+/t31-,32-,33+,34+,35-,36+,40+,42-,44+,48-,49+,50-,51-,52+,55+,57-,58-,59-/m1/s1. The molecule has 2 aromatic rings. The summed E-state index contributed by atoms with van der Waals surface area (Å²) in [6, 6.07) is 3.23. The van der Waals surface area contributed by atoms with Crippen LogP contribution in [0, 0.1) is 23.7 Å². The Bertz CT molecular complexity index is 2610. The van der Waals surface area contributed by atoms with Gasteiger partial charge in [-0.3, -0.25) is 14.4 Å². The van der Waals surface area contributed by atoms with E-state index in [1.54, 1.807) is 61.5 Å². The molecule has 0 saturated carbocycles. The molecule has 464 valence electrons. The number of aliphatic hydroxyl groups excluding tert-OH is 2. The maximum absolute atomic E-state index is 14.7. The van der Waals surface area contributed by atoms with E-state index in [0.29, 0.717) is 43.7 Å². The Morgan fingerprint density at radius 1 is 0.927 bits per heavy atom. The Kier molecular flexibility index (Phi) is 22.3. The summed E-state index contributed by atoms with van der Waals surface area (Å²) in [4.78, 5) is 61.0. The summed E-state index contributed by atoms with van der Waals surface area (Å²) in [5.41, 5.74) is -4.83. The fourth-order valence-electron chi connectivity index (χ4n) is 12.6. The molecular formula is C59H94N4O19. The summed E-state index contributed by atoms with van der Waals surface area (Å²) >= 11 is 0. The van der Waals surface area contributed by atoms with Crippen LogP contribution in [0.25, 0.3) is 10.9 Å². The van der Waals surface area contributed by atoms with E-state index in [-0.39, 0.29) is 67.8 Å². The second-order valence-corrected chi connectivity index (χ2v) is 24.8. The molecule has 4 aliphatic heterocycles. The van der Waals surface area contributed by atoms with Gasteiger partial charge in [-0.15, -0.1) is 0 Å². The molecule has 23 heteroatoms. The minimum absolute atomic E-state index is 0.00285. The lowest BCUT2D eigenvalue weighted by Gasteiger charge is -2.49. The van der Waals surface area contributed by atoms with Crippen LogP contribution in [0.3, 0.4) is 0 Å². The smallest absolute Gasteiger partial charge is 0.341 e. The predicted molar refractivity (Wildman–Crippen MR) is 301 cm³/mol. The van der Waals surface area contributed by atoms with Gasteiger partial charge in [-0.2, -0.15) is 0 Å². The van der Waals surface area contributed by atoms with Crippen molar-refractivity contribution in [2.75, 3.05) is 54.8 Å². The van der Waals surface area contributed by atoms with Gasteiger partial charge in [0.2, 0.25) is 12.2 Å². The van der Waals surface area contributed by atoms with Crippen molar-refractivity contribution in [3.63, 3.8) is 0 Å². The van der Waals surface area contributed by atoms with Crippen molar-refractivity contribution in [1.82, 2.24) is 14.8 Å². The number of aromatic nitrogens is 1. The number of carbonyl (C=O) groups is 3. The van der Waals surface area contributed by atoms with E-state index in [9.17, 15) is 44.7 Å². The van der Waals surface area contributed by atoms with E-state index in [0.717, 1.165) is 5.56 Å². The lowest BCUT2D eigenvalue weighted by Crippen LogP contribution is -2.61. The Labute approximate surface area is 482 Å². The maximum Gasteiger partial charge on any atom is 0.341 e. The number of aryl methyl sites for hydroxylation is 1. The second-order valence-electron chi connectivity index (χ2n) is 24.8. The second kappa shape index (κ2) is 27.3. The van der Waals surface area contributed by atoms with Gasteiger partial charge in [-0.25, -0.2) is 4.79 Å². The van der Waals surface area contributed by atoms with Crippen molar-refractivity contribution in [2.45, 2.75) is 218 Å². The number of oxime groups is 1. The highest BCUT2D eigenvalue weighted by atomic mass is 16.7. The number of esters is 2. The number of hydrogen-bond acceptors (Lipinski definition) is 21. The molecule has 1 aromatic heterocycles. The van der Waals surface area contributed by atoms with Crippen LogP contribution in [0.2, 0.25) is 0 Å². The Hall–Kier alpha value is -4.37. The number of hydrogen-bond donors (Lipinski definition) is 6. The zero-order chi connectivity index (χ0) is 61.0. The van der Waals surface area contributed by atoms with E-state index >= 15 is 0 Å². The number of aromatic carboxylic acids is 1. The Morgan fingerprint density at radius 3 is 2.26 bits per heavy atom. The summed E-state index contributed by atoms with van der Waals surface area (Å²) < 4.78 is 57.9. The molecule has 5 heterocycles. The number of carboxylic acid groups (broad SMARTS) is 1. The SMILES string of the molecule is CC[C@H]1OC(=O)[C@H](C)[C@@H](O[C@H]2C[C@@](C)(OC)[C@@H](OC(=O)CCNCCCc3cc4c5c(c3)c(=O)c(C(=O)O)cn5C(C)(C)CO4)[C@H](C)O2)[C@H](C)[C@@H](O[C@@H]2O[C@H](C)C[C@H](N(C)C)[C@H]2O)[C@](C)(O)C[C@@H](C)/C(=N\OCOC)[C@H](C)[C@@H](O)[C@]1(C)O. The zero-order valence-electron chi connectivity index (χ0n) is 51.0. The lowest BCUT2D eigenvalue weighted by molar-refractivity contribution is -0.318. The Balaban J connectivity index is 1.20. The lowest BCUT2D eigenvalue weighted by atomic mass is 9.73. The largest absolute Gasteiger partial charge is 0.489 e. The number of cyclic esters (lactones) is 1. The molecule has 82 heavy (non-hydrogen) atoms. The fraction of sp³-hybridized carbons (Fsp3) is 0.780. The van der Waals surface area contributed by atoms with Gasteiger partial charge in [0.15, 0.2) is 18.7 Å². The molecule has 1 aromatic carbocycles. The van der Waals surface area contributed by atoms with Crippen LogP contribution in [-0.4, -0.2) is 198 Å². The van der Waals surface area contributed by atoms with Crippen LogP contribution < -0.4 is 15.5 Å². The van der Waals surface area contributed by atoms with Gasteiger partial charge in [0.1, 0.15) is 41.3 Å². The van der Waals surface area contributed by atoms with Crippen molar-refractivity contribution in [3.8, 4) is 5.75 Å². The summed E-state index contributed by atoms with van der Waals surface area (Å²) in [6.07, 6.45) is -7.71. The average Bonchev–Trinajstić information content (AvgIpc) is 3.49. The van der Waals surface area contributed by atoms with Gasteiger partial charge < -0.3 is 87.8 Å². The number of benzene rings is 1. The summed E-state index contributed by atoms with van der Waals surface area (Å²) in [7, 11) is 6.61. The topological polar surface area (TPSA) is 294 Å². The van der Waals surface area contributed by atoms with Gasteiger partial charge in [0.05, 0.1) is 70.6 Å². The van der Waals surface area contributed by atoms with Crippen molar-refractivity contribution in [1.29, 1.82) is 0 Å². The third kappa shape index (κ3) is 14.8. The monoisotopic (exact) mass is 1160 g/mol. The molecule has 18 atom stereocenters. The molecule has 0 amide bonds. The highest BCUT2D eigenvalue weighted by molar-refractivity contribution is 5.95. The molecular weight excluding hydrogens is 1070 g/mol. The number of ether oxygens (including phenoxy) is 9. The third-order valence-corrected chi connectivity index (χ3v) is 17.3. The van der Waals surface area contributed by atoms with E-state index in [2.05, 4.69) is 10.5 Å². The number of likely N-dealkylation sites (N-methyl/N-ethyl adjacent to an activating group) is 1. The average molecular weight is 1160 g/mol. The maximum atomic E-state index is 14.7. The summed E-state index contributed by atoms with van der Waals surface area (Å²) in [6.45, 7) is 21.6. The summed E-state index contributed by atoms with van der Waals surface area (Å²) in [5.74, 6) is -5.70. The number of rotatable bonds is 19. The number of carboxylic acids is 1. The molecule has 0 aliphatic carbocycles. The first-order chi connectivity index (χ1) is 38.3. The minimum atomic E-state index is -2.01. The molecule has 0 radical (unpaired) electrons. The first kappa shape index (κ1) is 66.8. The molecule has 3 fully saturated rings. The highest BCUT2D eigenvalue weighted by Crippen LogP contribution is 2.42. The highest BCUT2D eigenvalue weighted by Gasteiger charge is 2.54. The van der Waals surface area contributed by atoms with Crippen LogP contribution in [0.4, 0.5) is 0 Å². The number of nitrogens with zero attached hydrogens (tertiary/aromatic N) is 3. The van der Waals surface area contributed by atoms with Crippen molar-refractivity contribution >= 4 is 34.5 Å². The molecule has 4 aliphatic rings. The molecule has 0 bridgehead atoms. The van der Waals surface area contributed by atoms with E-state index in [4.69, 9.17) is 47.5 Å². The normalized spacial score (nSPS) is 37.0. The van der Waals surface area contributed by atoms with Crippen LogP contribution in [0.5, 0.6) is 5.75 Å². The summed E-state index contributed by atoms with van der Waals surface area (Å²) in [5, 5.41) is 66.6. The number of pyridine rings is 1. The quantitative estimate of drug-likeness (QED) is 0.0489. The van der Waals surface area contributed by atoms with Gasteiger partial charge in [-0.1, -0.05) is 32.9 Å². The first-order valence-electron chi connectivity index (χ1n) is 28.9. The van der Waals surface area contributed by atoms with E-state index in [1.165, 1.54) is 27.3 Å². The first-order valence-corrected chi connectivity index (χ1v) is 28.9. The van der Waals surface area contributed by atoms with Gasteiger partial charge in [0.25, 0.3) is 0 Å². The van der Waals surface area contributed by atoms with Crippen molar-refractivity contribution < 1.29 is 87.4 Å². The number of methoxy groups -OCH3 is 2. The van der Waals surface area contributed by atoms with Crippen molar-refractivity contribution in [2.24, 2.45) is 28.8 Å². The van der Waals surface area contributed by atoms with Crippen molar-refractivity contribution in [3.05, 3.63) is 39.7 Å². The van der Waals surface area contributed by atoms with Crippen LogP contribution in [-0.2, 0) is 64.3 Å². The number of carbonyl (C=O) groups excluding carboxylic acids is 2. The zero-order valence-corrected chi connectivity index (χ0v) is 51.0. The van der Waals surface area contributed by atoms with Crippen LogP contribution in [0.1, 0.15) is 138 Å². The predicted octanol–water partition coefficient (Wildman–Crippen LogP) is 4.50. The van der Waals surface area contributed by atoms with Crippen LogP contribution >= 0.6 is 0 Å². The third-order valence-electron chi connectivity index (χ3n) is 17.3. The van der Waals surface area contributed by atoms with Crippen LogP contribution in [0.15, 0.2) is 28.3 Å². The van der Waals surface area contributed by atoms with E-state index in [1.807, 2.05) is 50.4 Å². The fourth-order valence-corrected chi connectivity index (χ4v) is 12.6. The minimum Gasteiger partial charge on any atom is -0.489 e. The molecule has 3 saturated heterocycles. The molecule has 6 rings (SSSR count). The van der Waals surface area contributed by atoms with Gasteiger partial charge >= 0.3 is 17.9 Å². The molecule has 23 nitrogen and oxygen atoms in total. The number of aliphatic hydroxyl groups is 4. The molecule has 0 unspecified atom stereocenters. The van der Waals surface area contributed by atoms with Gasteiger partial charge in [0, 0.05) is 57.2 Å². The molecule has 6 N–H and O–H groups in total.